The number of hydrogen-bond donors (Lipinski definition) is 2. The average Bonchev–Trinajstić information content (AvgIpc) is 2.44. The summed E-state index contributed by atoms with van der Waals surface area (Å²) in [5.41, 5.74) is -1.64. The van der Waals surface area contributed by atoms with Crippen molar-refractivity contribution in [1.29, 1.82) is 0 Å². The molecular weight excluding hydrogens is 307 g/mol. The van der Waals surface area contributed by atoms with Crippen LogP contribution in [0.4, 0.5) is 27.8 Å². The van der Waals surface area contributed by atoms with Crippen LogP contribution in [-0.4, -0.2) is 16.6 Å². The first kappa shape index (κ1) is 16.2. The van der Waals surface area contributed by atoms with Crippen LogP contribution >= 0.6 is 0 Å². The monoisotopic (exact) mass is 318 g/mol. The summed E-state index contributed by atoms with van der Waals surface area (Å²) in [5.74, 6) is -2.48. The zero-order chi connectivity index (χ0) is 16.3. The van der Waals surface area contributed by atoms with Gasteiger partial charge in [0.15, 0.2) is 0 Å². The summed E-state index contributed by atoms with van der Waals surface area (Å²) in [6.07, 6.45) is -5.16. The highest BCUT2D eigenvalue weighted by molar-refractivity contribution is 5.45. The van der Waals surface area contributed by atoms with Crippen LogP contribution < -0.4 is 5.32 Å². The highest BCUT2D eigenvalue weighted by Crippen LogP contribution is 2.33. The molecule has 0 amide bonds. The Hall–Kier alpha value is -2.22. The Kier molecular flexibility index (Phi) is 4.60. The molecular formula is C14H11F5N2O. The average molecular weight is 318 g/mol. The number of benzene rings is 1. The molecule has 3 nitrogen and oxygen atoms in total. The van der Waals surface area contributed by atoms with Gasteiger partial charge in [0.2, 0.25) is 0 Å². The predicted molar refractivity (Wildman–Crippen MR) is 69.0 cm³/mol. The van der Waals surface area contributed by atoms with Crippen molar-refractivity contribution in [1.82, 2.24) is 4.98 Å². The van der Waals surface area contributed by atoms with Crippen LogP contribution in [0.5, 0.6) is 0 Å². The fourth-order valence-corrected chi connectivity index (χ4v) is 1.90. The standard InChI is InChI=1S/C14H11F5N2O/c15-9-4-1-5-10(16)12(9)11(22)7-21-13-8(14(17,18)19)3-2-6-20-13/h1-6,11,22H,7H2,(H,20,21). The Morgan fingerprint density at radius 2 is 1.73 bits per heavy atom. The summed E-state index contributed by atoms with van der Waals surface area (Å²) in [7, 11) is 0. The van der Waals surface area contributed by atoms with E-state index in [-0.39, 0.29) is 0 Å². The molecule has 0 spiro atoms. The van der Waals surface area contributed by atoms with Crippen molar-refractivity contribution in [3.8, 4) is 0 Å². The van der Waals surface area contributed by atoms with E-state index >= 15 is 0 Å². The summed E-state index contributed by atoms with van der Waals surface area (Å²) >= 11 is 0. The smallest absolute Gasteiger partial charge is 0.386 e. The van der Waals surface area contributed by atoms with Crippen molar-refractivity contribution in [2.45, 2.75) is 12.3 Å². The Bertz CT molecular complexity index is 640. The lowest BCUT2D eigenvalue weighted by atomic mass is 10.1. The van der Waals surface area contributed by atoms with Crippen LogP contribution in [0, 0.1) is 11.6 Å². The molecule has 1 aromatic heterocycles. The van der Waals surface area contributed by atoms with E-state index in [0.717, 1.165) is 36.5 Å². The van der Waals surface area contributed by atoms with E-state index in [1.54, 1.807) is 0 Å². The Balaban J connectivity index is 2.17. The van der Waals surface area contributed by atoms with Crippen LogP contribution in [0.1, 0.15) is 17.2 Å². The number of halogens is 5. The number of aromatic nitrogens is 1. The van der Waals surface area contributed by atoms with E-state index in [1.807, 2.05) is 0 Å². The number of nitrogens with zero attached hydrogens (tertiary/aromatic N) is 1. The van der Waals surface area contributed by atoms with E-state index in [0.29, 0.717) is 0 Å². The fraction of sp³-hybridized carbons (Fsp3) is 0.214. The molecule has 22 heavy (non-hydrogen) atoms. The third-order valence-corrected chi connectivity index (χ3v) is 2.91. The second-order valence-corrected chi connectivity index (χ2v) is 4.43. The molecule has 8 heteroatoms. The number of rotatable bonds is 4. The maximum absolute atomic E-state index is 13.5. The lowest BCUT2D eigenvalue weighted by molar-refractivity contribution is -0.137. The van der Waals surface area contributed by atoms with Crippen molar-refractivity contribution in [2.24, 2.45) is 0 Å². The second kappa shape index (κ2) is 6.27. The van der Waals surface area contributed by atoms with Gasteiger partial charge in [0.25, 0.3) is 0 Å². The molecule has 1 aromatic carbocycles. The molecule has 2 rings (SSSR count). The van der Waals surface area contributed by atoms with Gasteiger partial charge in [-0.05, 0) is 24.3 Å². The molecule has 1 unspecified atom stereocenters. The van der Waals surface area contributed by atoms with Gasteiger partial charge >= 0.3 is 6.18 Å². The van der Waals surface area contributed by atoms with Gasteiger partial charge in [0, 0.05) is 12.7 Å². The van der Waals surface area contributed by atoms with Gasteiger partial charge in [-0.25, -0.2) is 13.8 Å². The molecule has 118 valence electrons. The van der Waals surface area contributed by atoms with Gasteiger partial charge in [-0.3, -0.25) is 0 Å². The van der Waals surface area contributed by atoms with Crippen molar-refractivity contribution in [2.75, 3.05) is 11.9 Å². The number of anilines is 1. The third-order valence-electron chi connectivity index (χ3n) is 2.91. The number of hydrogen-bond acceptors (Lipinski definition) is 3. The molecule has 2 aromatic rings. The molecule has 1 atom stereocenters. The maximum Gasteiger partial charge on any atom is 0.419 e. The first-order chi connectivity index (χ1) is 10.3. The lowest BCUT2D eigenvalue weighted by Gasteiger charge is -2.17. The van der Waals surface area contributed by atoms with Crippen LogP contribution in [0.3, 0.4) is 0 Å². The van der Waals surface area contributed by atoms with E-state index in [9.17, 15) is 27.1 Å². The van der Waals surface area contributed by atoms with Crippen molar-refractivity contribution in [3.63, 3.8) is 0 Å². The van der Waals surface area contributed by atoms with Crippen LogP contribution in [0.2, 0.25) is 0 Å². The zero-order valence-electron chi connectivity index (χ0n) is 11.0. The third kappa shape index (κ3) is 3.51. The number of nitrogens with one attached hydrogen (secondary N) is 1. The zero-order valence-corrected chi connectivity index (χ0v) is 11.0. The van der Waals surface area contributed by atoms with Gasteiger partial charge in [-0.15, -0.1) is 0 Å². The molecule has 1 heterocycles. The minimum Gasteiger partial charge on any atom is -0.386 e. The van der Waals surface area contributed by atoms with Gasteiger partial charge in [-0.1, -0.05) is 6.07 Å². The van der Waals surface area contributed by atoms with E-state index < -0.39 is 47.4 Å². The van der Waals surface area contributed by atoms with Gasteiger partial charge < -0.3 is 10.4 Å². The van der Waals surface area contributed by atoms with Crippen molar-refractivity contribution in [3.05, 3.63) is 59.3 Å². The van der Waals surface area contributed by atoms with Crippen molar-refractivity contribution >= 4 is 5.82 Å². The second-order valence-electron chi connectivity index (χ2n) is 4.43. The molecule has 0 radical (unpaired) electrons. The van der Waals surface area contributed by atoms with E-state index in [1.165, 1.54) is 0 Å². The maximum atomic E-state index is 13.5. The van der Waals surface area contributed by atoms with Gasteiger partial charge in [0.05, 0.1) is 11.1 Å². The predicted octanol–water partition coefficient (Wildman–Crippen LogP) is 3.52. The van der Waals surface area contributed by atoms with Crippen molar-refractivity contribution < 1.29 is 27.1 Å². The van der Waals surface area contributed by atoms with Gasteiger partial charge in [0.1, 0.15) is 23.6 Å². The number of alkyl halides is 3. The van der Waals surface area contributed by atoms with Crippen LogP contribution in [0.25, 0.3) is 0 Å². The topological polar surface area (TPSA) is 45.1 Å². The summed E-state index contributed by atoms with van der Waals surface area (Å²) in [6.45, 7) is -0.530. The quantitative estimate of drug-likeness (QED) is 0.848. The Morgan fingerprint density at radius 3 is 2.32 bits per heavy atom. The lowest BCUT2D eigenvalue weighted by Crippen LogP contribution is -2.18. The SMILES string of the molecule is OC(CNc1ncccc1C(F)(F)F)c1c(F)cccc1F. The summed E-state index contributed by atoms with van der Waals surface area (Å²) in [4.78, 5) is 3.53. The van der Waals surface area contributed by atoms with Crippen LogP contribution in [0.15, 0.2) is 36.5 Å². The molecule has 2 N–H and O–H groups in total. The first-order valence-electron chi connectivity index (χ1n) is 6.18. The Morgan fingerprint density at radius 1 is 1.09 bits per heavy atom. The van der Waals surface area contributed by atoms with E-state index in [2.05, 4.69) is 10.3 Å². The normalized spacial score (nSPS) is 13.0. The minimum absolute atomic E-state index is 0.522. The number of aliphatic hydroxyl groups excluding tert-OH is 1. The molecule has 0 saturated carbocycles. The molecule has 0 fully saturated rings. The highest BCUT2D eigenvalue weighted by Gasteiger charge is 2.34. The number of pyridine rings is 1. The largest absolute Gasteiger partial charge is 0.419 e. The molecule has 0 aliphatic rings. The van der Waals surface area contributed by atoms with Crippen LogP contribution in [-0.2, 0) is 6.18 Å². The first-order valence-corrected chi connectivity index (χ1v) is 6.18. The minimum atomic E-state index is -4.63. The summed E-state index contributed by atoms with van der Waals surface area (Å²) in [5, 5.41) is 12.0. The van der Waals surface area contributed by atoms with E-state index in [4.69, 9.17) is 0 Å². The molecule has 0 saturated heterocycles. The summed E-state index contributed by atoms with van der Waals surface area (Å²) in [6, 6.07) is 4.94. The molecule has 0 aliphatic carbocycles. The summed E-state index contributed by atoms with van der Waals surface area (Å²) < 4.78 is 65.2. The Labute approximate surface area is 122 Å². The highest BCUT2D eigenvalue weighted by atomic mass is 19.4. The fourth-order valence-electron chi connectivity index (χ4n) is 1.90. The number of aliphatic hydroxyl groups is 1. The van der Waals surface area contributed by atoms with Gasteiger partial charge in [-0.2, -0.15) is 13.2 Å². The molecule has 0 bridgehead atoms. The molecule has 0 aliphatic heterocycles.